The highest BCUT2D eigenvalue weighted by molar-refractivity contribution is 5.81. The summed E-state index contributed by atoms with van der Waals surface area (Å²) < 4.78 is 0. The van der Waals surface area contributed by atoms with E-state index in [-0.39, 0.29) is 0 Å². The van der Waals surface area contributed by atoms with Gasteiger partial charge in [0.05, 0.1) is 16.8 Å². The minimum absolute atomic E-state index is 0.350. The Labute approximate surface area is 164 Å². The standard InChI is InChI=1S/C25H20N2O/c1-16-14-19(15-17(2)24(16)28)25(18-8-4-3-5-9-18)20-10-6-12-26-22(20)23-21(25)11-7-13-27-23/h3-15,28H,1-2H3. The van der Waals surface area contributed by atoms with E-state index >= 15 is 0 Å². The molecule has 0 radical (unpaired) electrons. The van der Waals surface area contributed by atoms with E-state index in [1.165, 1.54) is 5.56 Å². The Hall–Kier alpha value is -3.46. The maximum absolute atomic E-state index is 10.4. The summed E-state index contributed by atoms with van der Waals surface area (Å²) >= 11 is 0. The van der Waals surface area contributed by atoms with Gasteiger partial charge in [0, 0.05) is 12.4 Å². The van der Waals surface area contributed by atoms with Gasteiger partial charge in [0.25, 0.3) is 0 Å². The number of aromatic nitrogens is 2. The first-order valence-corrected chi connectivity index (χ1v) is 9.41. The van der Waals surface area contributed by atoms with Crippen molar-refractivity contribution in [3.8, 4) is 17.1 Å². The van der Waals surface area contributed by atoms with Crippen molar-refractivity contribution in [2.75, 3.05) is 0 Å². The molecule has 3 heteroatoms. The van der Waals surface area contributed by atoms with E-state index in [1.807, 2.05) is 44.4 Å². The molecule has 2 aromatic heterocycles. The number of hydrogen-bond donors (Lipinski definition) is 1. The molecule has 0 saturated carbocycles. The quantitative estimate of drug-likeness (QED) is 0.470. The zero-order valence-electron chi connectivity index (χ0n) is 15.8. The molecule has 4 aromatic rings. The number of phenols is 1. The van der Waals surface area contributed by atoms with Crippen LogP contribution >= 0.6 is 0 Å². The van der Waals surface area contributed by atoms with Gasteiger partial charge in [-0.2, -0.15) is 0 Å². The number of hydrogen-bond acceptors (Lipinski definition) is 3. The maximum Gasteiger partial charge on any atom is 0.121 e. The molecule has 1 N–H and O–H groups in total. The summed E-state index contributed by atoms with van der Waals surface area (Å²) in [5.74, 6) is 0.350. The first-order valence-electron chi connectivity index (χ1n) is 9.41. The van der Waals surface area contributed by atoms with Gasteiger partial charge in [0.1, 0.15) is 5.75 Å². The first kappa shape index (κ1) is 16.7. The van der Waals surface area contributed by atoms with E-state index in [9.17, 15) is 5.11 Å². The number of aromatic hydroxyl groups is 1. The Balaban J connectivity index is 1.98. The van der Waals surface area contributed by atoms with Crippen LogP contribution in [-0.2, 0) is 5.41 Å². The molecule has 0 amide bonds. The summed E-state index contributed by atoms with van der Waals surface area (Å²) in [6, 6.07) is 23.0. The zero-order chi connectivity index (χ0) is 19.3. The van der Waals surface area contributed by atoms with Crippen LogP contribution in [0.15, 0.2) is 79.1 Å². The fraction of sp³-hybridized carbons (Fsp3) is 0.120. The Bertz CT molecular complexity index is 1130. The summed E-state index contributed by atoms with van der Waals surface area (Å²) in [4.78, 5) is 9.39. The van der Waals surface area contributed by atoms with Gasteiger partial charge in [-0.3, -0.25) is 9.97 Å². The summed E-state index contributed by atoms with van der Waals surface area (Å²) in [5.41, 5.74) is 7.60. The highest BCUT2D eigenvalue weighted by Gasteiger charge is 2.47. The van der Waals surface area contributed by atoms with Crippen molar-refractivity contribution in [3.63, 3.8) is 0 Å². The predicted octanol–water partition coefficient (Wildman–Crippen LogP) is 5.16. The van der Waals surface area contributed by atoms with Gasteiger partial charge in [-0.25, -0.2) is 0 Å². The number of fused-ring (bicyclic) bond motifs is 3. The van der Waals surface area contributed by atoms with Crippen LogP contribution in [0.25, 0.3) is 11.4 Å². The summed E-state index contributed by atoms with van der Waals surface area (Å²) in [6.07, 6.45) is 3.65. The van der Waals surface area contributed by atoms with Crippen LogP contribution in [0.3, 0.4) is 0 Å². The van der Waals surface area contributed by atoms with E-state index in [0.29, 0.717) is 5.75 Å². The molecule has 1 aliphatic rings. The molecule has 5 rings (SSSR count). The van der Waals surface area contributed by atoms with Crippen molar-refractivity contribution in [2.45, 2.75) is 19.3 Å². The Morgan fingerprint density at radius 1 is 0.679 bits per heavy atom. The number of aryl methyl sites for hydroxylation is 2. The minimum atomic E-state index is -0.516. The van der Waals surface area contributed by atoms with Crippen LogP contribution in [0.4, 0.5) is 0 Å². The van der Waals surface area contributed by atoms with Crippen LogP contribution in [0.1, 0.15) is 33.4 Å². The highest BCUT2D eigenvalue weighted by Crippen LogP contribution is 2.55. The van der Waals surface area contributed by atoms with Gasteiger partial charge in [0.15, 0.2) is 0 Å². The van der Waals surface area contributed by atoms with Crippen molar-refractivity contribution in [3.05, 3.63) is 113 Å². The Kier molecular flexibility index (Phi) is 3.59. The third kappa shape index (κ3) is 2.10. The lowest BCUT2D eigenvalue weighted by molar-refractivity contribution is 0.466. The van der Waals surface area contributed by atoms with Crippen molar-refractivity contribution in [1.29, 1.82) is 0 Å². The minimum Gasteiger partial charge on any atom is -0.507 e. The number of benzene rings is 2. The van der Waals surface area contributed by atoms with E-state index in [2.05, 4.69) is 48.5 Å². The van der Waals surface area contributed by atoms with Gasteiger partial charge < -0.3 is 5.11 Å². The average molecular weight is 364 g/mol. The van der Waals surface area contributed by atoms with Crippen LogP contribution < -0.4 is 0 Å². The average Bonchev–Trinajstić information content (AvgIpc) is 3.04. The van der Waals surface area contributed by atoms with Gasteiger partial charge in [-0.05, 0) is 59.4 Å². The molecule has 136 valence electrons. The summed E-state index contributed by atoms with van der Waals surface area (Å²) in [6.45, 7) is 3.90. The number of pyridine rings is 2. The summed E-state index contributed by atoms with van der Waals surface area (Å²) in [5, 5.41) is 10.4. The van der Waals surface area contributed by atoms with Crippen LogP contribution in [0, 0.1) is 13.8 Å². The molecular weight excluding hydrogens is 344 g/mol. The fourth-order valence-electron chi connectivity index (χ4n) is 4.59. The SMILES string of the molecule is Cc1cc(C2(c3ccccc3)c3cccnc3-c3ncccc32)cc(C)c1O. The number of nitrogens with zero attached hydrogens (tertiary/aromatic N) is 2. The predicted molar refractivity (Wildman–Crippen MR) is 110 cm³/mol. The van der Waals surface area contributed by atoms with Gasteiger partial charge in [0.2, 0.25) is 0 Å². The van der Waals surface area contributed by atoms with Crippen LogP contribution in [0.5, 0.6) is 5.75 Å². The fourth-order valence-corrected chi connectivity index (χ4v) is 4.59. The number of phenolic OH excluding ortho intramolecular Hbond substituents is 1. The topological polar surface area (TPSA) is 46.0 Å². The van der Waals surface area contributed by atoms with Crippen LogP contribution in [0.2, 0.25) is 0 Å². The molecular formula is C25H20N2O. The molecule has 1 aliphatic carbocycles. The zero-order valence-corrected chi connectivity index (χ0v) is 15.8. The second kappa shape index (κ2) is 6.03. The normalized spacial score (nSPS) is 13.8. The molecule has 0 bridgehead atoms. The number of rotatable bonds is 2. The molecule has 0 unspecified atom stereocenters. The second-order valence-corrected chi connectivity index (χ2v) is 7.37. The van der Waals surface area contributed by atoms with E-state index < -0.39 is 5.41 Å². The molecule has 0 saturated heterocycles. The van der Waals surface area contributed by atoms with Crippen molar-refractivity contribution in [1.82, 2.24) is 9.97 Å². The molecule has 2 aromatic carbocycles. The Morgan fingerprint density at radius 2 is 1.21 bits per heavy atom. The van der Waals surface area contributed by atoms with Crippen molar-refractivity contribution in [2.24, 2.45) is 0 Å². The summed E-state index contributed by atoms with van der Waals surface area (Å²) in [7, 11) is 0. The molecule has 28 heavy (non-hydrogen) atoms. The maximum atomic E-state index is 10.4. The largest absolute Gasteiger partial charge is 0.507 e. The lowest BCUT2D eigenvalue weighted by Gasteiger charge is -2.33. The monoisotopic (exact) mass is 364 g/mol. The Morgan fingerprint density at radius 3 is 1.75 bits per heavy atom. The van der Waals surface area contributed by atoms with E-state index in [1.54, 1.807) is 0 Å². The molecule has 0 atom stereocenters. The second-order valence-electron chi connectivity index (χ2n) is 7.37. The highest BCUT2D eigenvalue weighted by atomic mass is 16.3. The molecule has 3 nitrogen and oxygen atoms in total. The van der Waals surface area contributed by atoms with Crippen molar-refractivity contribution >= 4 is 0 Å². The lowest BCUT2D eigenvalue weighted by atomic mass is 9.67. The molecule has 0 spiro atoms. The van der Waals surface area contributed by atoms with E-state index in [4.69, 9.17) is 9.97 Å². The van der Waals surface area contributed by atoms with Crippen LogP contribution in [-0.4, -0.2) is 15.1 Å². The molecule has 2 heterocycles. The third-order valence-electron chi connectivity index (χ3n) is 5.78. The third-order valence-corrected chi connectivity index (χ3v) is 5.78. The van der Waals surface area contributed by atoms with Gasteiger partial charge in [-0.15, -0.1) is 0 Å². The van der Waals surface area contributed by atoms with Crippen molar-refractivity contribution < 1.29 is 5.11 Å². The van der Waals surface area contributed by atoms with Gasteiger partial charge >= 0.3 is 0 Å². The smallest absolute Gasteiger partial charge is 0.121 e. The van der Waals surface area contributed by atoms with Gasteiger partial charge in [-0.1, -0.05) is 54.6 Å². The van der Waals surface area contributed by atoms with E-state index in [0.717, 1.165) is 39.2 Å². The molecule has 0 aliphatic heterocycles. The molecule has 0 fully saturated rings. The lowest BCUT2D eigenvalue weighted by Crippen LogP contribution is -2.29. The first-order chi connectivity index (χ1) is 13.6.